The zero-order valence-electron chi connectivity index (χ0n) is 11.4. The van der Waals surface area contributed by atoms with E-state index < -0.39 is 0 Å². The Morgan fingerprint density at radius 2 is 2.15 bits per heavy atom. The Morgan fingerprint density at radius 1 is 1.25 bits per heavy atom. The first kappa shape index (κ1) is 14.5. The van der Waals surface area contributed by atoms with Crippen molar-refractivity contribution in [3.8, 4) is 0 Å². The molecule has 0 spiro atoms. The Hall–Kier alpha value is -0.400. The molecule has 3 fully saturated rings. The standard InChI is InChI=1S/C13H21N3O2S2/c17-9(12-14-5-6-19-12)3-1-2-4-10-11-8(7-20-10)15-13(18)16-11/h8,10-12,14H,1-7H2,(H2,15,16,18)/t8-,10-,11-,12?/m0/s1. The third-order valence-electron chi connectivity index (χ3n) is 4.11. The number of carbonyl (C=O) groups excluding carboxylic acids is 2. The van der Waals surface area contributed by atoms with Crippen LogP contribution in [-0.4, -0.2) is 52.6 Å². The highest BCUT2D eigenvalue weighted by Crippen LogP contribution is 2.33. The number of carbonyl (C=O) groups is 2. The number of fused-ring (bicyclic) bond motifs is 1. The van der Waals surface area contributed by atoms with Gasteiger partial charge in [0.25, 0.3) is 0 Å². The highest BCUT2D eigenvalue weighted by molar-refractivity contribution is 8.00. The Kier molecular flexibility index (Phi) is 4.78. The summed E-state index contributed by atoms with van der Waals surface area (Å²) in [5, 5.41) is 9.74. The van der Waals surface area contributed by atoms with Crippen molar-refractivity contribution in [2.75, 3.05) is 18.1 Å². The summed E-state index contributed by atoms with van der Waals surface area (Å²) in [4.78, 5) is 23.2. The summed E-state index contributed by atoms with van der Waals surface area (Å²) in [7, 11) is 0. The van der Waals surface area contributed by atoms with Crippen LogP contribution >= 0.6 is 23.5 Å². The number of ketones is 1. The van der Waals surface area contributed by atoms with E-state index in [1.54, 1.807) is 11.8 Å². The Morgan fingerprint density at radius 3 is 2.95 bits per heavy atom. The summed E-state index contributed by atoms with van der Waals surface area (Å²) in [6.45, 7) is 0.954. The molecule has 2 amide bonds. The van der Waals surface area contributed by atoms with E-state index >= 15 is 0 Å². The molecule has 4 atom stereocenters. The lowest BCUT2D eigenvalue weighted by atomic mass is 10.0. The molecule has 20 heavy (non-hydrogen) atoms. The van der Waals surface area contributed by atoms with Crippen LogP contribution in [0.25, 0.3) is 0 Å². The second-order valence-electron chi connectivity index (χ2n) is 5.54. The molecule has 1 unspecified atom stereocenters. The minimum Gasteiger partial charge on any atom is -0.332 e. The van der Waals surface area contributed by atoms with Gasteiger partial charge in [-0.15, -0.1) is 11.8 Å². The molecule has 3 saturated heterocycles. The predicted molar refractivity (Wildman–Crippen MR) is 83.2 cm³/mol. The maximum absolute atomic E-state index is 11.9. The van der Waals surface area contributed by atoms with Crippen LogP contribution in [0.1, 0.15) is 25.7 Å². The molecule has 5 nitrogen and oxygen atoms in total. The van der Waals surface area contributed by atoms with Crippen LogP contribution in [-0.2, 0) is 4.79 Å². The molecule has 3 rings (SSSR count). The zero-order chi connectivity index (χ0) is 13.9. The van der Waals surface area contributed by atoms with Crippen molar-refractivity contribution in [3.63, 3.8) is 0 Å². The molecule has 3 N–H and O–H groups in total. The van der Waals surface area contributed by atoms with Gasteiger partial charge in [-0.2, -0.15) is 11.8 Å². The lowest BCUT2D eigenvalue weighted by Crippen LogP contribution is -2.36. The fourth-order valence-electron chi connectivity index (χ4n) is 3.05. The van der Waals surface area contributed by atoms with Gasteiger partial charge in [0.2, 0.25) is 0 Å². The first-order valence-electron chi connectivity index (χ1n) is 7.30. The summed E-state index contributed by atoms with van der Waals surface area (Å²) < 4.78 is 0. The van der Waals surface area contributed by atoms with Crippen LogP contribution in [0.15, 0.2) is 0 Å². The van der Waals surface area contributed by atoms with Crippen LogP contribution in [0.2, 0.25) is 0 Å². The van der Waals surface area contributed by atoms with E-state index in [2.05, 4.69) is 16.0 Å². The molecular formula is C13H21N3O2S2. The molecule has 7 heteroatoms. The van der Waals surface area contributed by atoms with E-state index in [9.17, 15) is 9.59 Å². The molecule has 0 aromatic heterocycles. The van der Waals surface area contributed by atoms with E-state index in [0.717, 1.165) is 37.3 Å². The molecule has 0 radical (unpaired) electrons. The maximum Gasteiger partial charge on any atom is 0.315 e. The van der Waals surface area contributed by atoms with Crippen LogP contribution < -0.4 is 16.0 Å². The lowest BCUT2D eigenvalue weighted by molar-refractivity contribution is -0.119. The van der Waals surface area contributed by atoms with Gasteiger partial charge >= 0.3 is 6.03 Å². The number of unbranched alkanes of at least 4 members (excludes halogenated alkanes) is 1. The van der Waals surface area contributed by atoms with Gasteiger partial charge in [-0.1, -0.05) is 6.42 Å². The van der Waals surface area contributed by atoms with Crippen molar-refractivity contribution in [2.24, 2.45) is 0 Å². The average molecular weight is 315 g/mol. The predicted octanol–water partition coefficient (Wildman–Crippen LogP) is 0.944. The van der Waals surface area contributed by atoms with Crippen LogP contribution in [0.4, 0.5) is 4.79 Å². The number of urea groups is 1. The monoisotopic (exact) mass is 315 g/mol. The van der Waals surface area contributed by atoms with Crippen LogP contribution in [0.3, 0.4) is 0 Å². The van der Waals surface area contributed by atoms with Crippen molar-refractivity contribution >= 4 is 35.3 Å². The molecule has 3 aliphatic rings. The van der Waals surface area contributed by atoms with E-state index in [4.69, 9.17) is 0 Å². The molecule has 0 bridgehead atoms. The smallest absolute Gasteiger partial charge is 0.315 e. The molecule has 3 heterocycles. The molecular weight excluding hydrogens is 294 g/mol. The van der Waals surface area contributed by atoms with Gasteiger partial charge in [-0.3, -0.25) is 10.1 Å². The average Bonchev–Trinajstić information content (AvgIpc) is 3.11. The van der Waals surface area contributed by atoms with Crippen LogP contribution in [0, 0.1) is 0 Å². The van der Waals surface area contributed by atoms with Gasteiger partial charge < -0.3 is 10.6 Å². The summed E-state index contributed by atoms with van der Waals surface area (Å²) in [5.74, 6) is 2.40. The molecule has 0 aromatic carbocycles. The van der Waals surface area contributed by atoms with E-state index in [1.807, 2.05) is 11.8 Å². The van der Waals surface area contributed by atoms with Gasteiger partial charge in [0.15, 0.2) is 5.78 Å². The van der Waals surface area contributed by atoms with Gasteiger partial charge in [0, 0.05) is 29.7 Å². The fraction of sp³-hybridized carbons (Fsp3) is 0.846. The maximum atomic E-state index is 11.9. The molecule has 0 saturated carbocycles. The second kappa shape index (κ2) is 6.58. The third kappa shape index (κ3) is 3.26. The number of hydrogen-bond acceptors (Lipinski definition) is 5. The normalized spacial score (nSPS) is 35.7. The fourth-order valence-corrected chi connectivity index (χ4v) is 5.61. The largest absolute Gasteiger partial charge is 0.332 e. The Balaban J connectivity index is 1.34. The highest BCUT2D eigenvalue weighted by Gasteiger charge is 2.42. The van der Waals surface area contributed by atoms with E-state index in [0.29, 0.717) is 23.5 Å². The summed E-state index contributed by atoms with van der Waals surface area (Å²) >= 11 is 3.67. The van der Waals surface area contributed by atoms with E-state index in [1.165, 1.54) is 0 Å². The highest BCUT2D eigenvalue weighted by atomic mass is 32.2. The topological polar surface area (TPSA) is 70.2 Å². The molecule has 3 aliphatic heterocycles. The van der Waals surface area contributed by atoms with E-state index in [-0.39, 0.29) is 17.4 Å². The number of Topliss-reactive ketones (excluding diaryl/α,β-unsaturated/α-hetero) is 1. The van der Waals surface area contributed by atoms with Crippen molar-refractivity contribution < 1.29 is 9.59 Å². The van der Waals surface area contributed by atoms with Crippen LogP contribution in [0.5, 0.6) is 0 Å². The number of hydrogen-bond donors (Lipinski definition) is 3. The van der Waals surface area contributed by atoms with Crippen molar-refractivity contribution in [3.05, 3.63) is 0 Å². The van der Waals surface area contributed by atoms with Crippen molar-refractivity contribution in [1.82, 2.24) is 16.0 Å². The molecule has 0 aromatic rings. The number of rotatable bonds is 6. The van der Waals surface area contributed by atoms with Gasteiger partial charge in [0.05, 0.1) is 12.1 Å². The molecule has 112 valence electrons. The summed E-state index contributed by atoms with van der Waals surface area (Å²) in [6, 6.07) is 0.568. The van der Waals surface area contributed by atoms with Gasteiger partial charge in [0.1, 0.15) is 5.37 Å². The number of nitrogens with one attached hydrogen (secondary N) is 3. The van der Waals surface area contributed by atoms with Crippen molar-refractivity contribution in [1.29, 1.82) is 0 Å². The molecule has 0 aliphatic carbocycles. The quantitative estimate of drug-likeness (QED) is 0.503. The minimum atomic E-state index is -0.0233. The SMILES string of the molecule is O=C1N[C@H]2[C@H](CS[C@H]2CCCCC(=O)C2NCCS2)N1. The Labute approximate surface area is 127 Å². The third-order valence-corrected chi connectivity index (χ3v) is 6.82. The number of thioether (sulfide) groups is 2. The van der Waals surface area contributed by atoms with Crippen molar-refractivity contribution in [2.45, 2.75) is 48.4 Å². The second-order valence-corrected chi connectivity index (χ2v) is 8.02. The first-order valence-corrected chi connectivity index (χ1v) is 9.40. The Bertz CT molecular complexity index is 388. The minimum absolute atomic E-state index is 0.0233. The lowest BCUT2D eigenvalue weighted by Gasteiger charge is -2.16. The zero-order valence-corrected chi connectivity index (χ0v) is 13.0. The van der Waals surface area contributed by atoms with Gasteiger partial charge in [-0.05, 0) is 12.8 Å². The van der Waals surface area contributed by atoms with Gasteiger partial charge in [-0.25, -0.2) is 4.79 Å². The number of amides is 2. The first-order chi connectivity index (χ1) is 9.74. The summed E-state index contributed by atoms with van der Waals surface area (Å²) in [5.41, 5.74) is 0. The summed E-state index contributed by atoms with van der Waals surface area (Å²) in [6.07, 6.45) is 3.81.